The Balaban J connectivity index is 2.56. The first kappa shape index (κ1) is 7.09. The van der Waals surface area contributed by atoms with Gasteiger partial charge in [0.25, 0.3) is 0 Å². The average molecular weight is 158 g/mol. The molecule has 1 aliphatic heterocycles. The topological polar surface area (TPSA) is 50.1 Å². The Labute approximate surface area is 71.9 Å². The number of nitrogens with two attached hydrogens (primary N) is 1. The molecule has 12 heavy (non-hydrogen) atoms. The van der Waals surface area contributed by atoms with Crippen LogP contribution in [0.1, 0.15) is 5.56 Å². The molecular weight excluding hydrogens is 149 g/mol. The third-order valence-corrected chi connectivity index (χ3v) is 1.85. The van der Waals surface area contributed by atoms with E-state index in [2.05, 4.69) is 17.0 Å². The van der Waals surface area contributed by atoms with Crippen LogP contribution in [0, 0.1) is 0 Å². The maximum atomic E-state index is 5.61. The van der Waals surface area contributed by atoms with Crippen molar-refractivity contribution in [2.75, 3.05) is 10.5 Å². The van der Waals surface area contributed by atoms with E-state index in [1.807, 2.05) is 18.2 Å². The van der Waals surface area contributed by atoms with Gasteiger partial charge >= 0.3 is 7.55 Å². The molecule has 1 aliphatic rings. The fraction of sp³-hybridized carbons (Fsp3) is 0. The normalized spacial score (nSPS) is 12.3. The standard InChI is InChI=1S/C8H9BN3/c1-5(10)6-3-2-4-7-8(6)12-9-11-7/h2-4,11-12H,1,10H2. The first-order chi connectivity index (χ1) is 5.79. The number of benzene rings is 1. The molecule has 0 bridgehead atoms. The van der Waals surface area contributed by atoms with E-state index in [1.165, 1.54) is 0 Å². The minimum Gasteiger partial charge on any atom is -0.411 e. The zero-order chi connectivity index (χ0) is 8.55. The Morgan fingerprint density at radius 3 is 3.00 bits per heavy atom. The highest BCUT2D eigenvalue weighted by molar-refractivity contribution is 6.49. The van der Waals surface area contributed by atoms with Crippen molar-refractivity contribution >= 4 is 24.6 Å². The molecule has 1 heterocycles. The number of fused-ring (bicyclic) bond motifs is 1. The molecule has 0 saturated carbocycles. The molecule has 1 aromatic rings. The number of anilines is 2. The van der Waals surface area contributed by atoms with Crippen molar-refractivity contribution in [1.29, 1.82) is 0 Å². The van der Waals surface area contributed by atoms with Crippen LogP contribution in [0.25, 0.3) is 5.70 Å². The van der Waals surface area contributed by atoms with Crippen molar-refractivity contribution in [2.24, 2.45) is 5.73 Å². The van der Waals surface area contributed by atoms with Gasteiger partial charge in [-0.1, -0.05) is 18.7 Å². The van der Waals surface area contributed by atoms with E-state index in [9.17, 15) is 0 Å². The van der Waals surface area contributed by atoms with E-state index in [0.29, 0.717) is 5.70 Å². The minimum absolute atomic E-state index is 0.580. The monoisotopic (exact) mass is 158 g/mol. The van der Waals surface area contributed by atoms with Crippen LogP contribution in [0.3, 0.4) is 0 Å². The van der Waals surface area contributed by atoms with Crippen molar-refractivity contribution in [1.82, 2.24) is 0 Å². The number of hydrogen-bond donors (Lipinski definition) is 3. The molecule has 0 atom stereocenters. The molecule has 0 unspecified atom stereocenters. The van der Waals surface area contributed by atoms with Gasteiger partial charge in [-0.15, -0.1) is 0 Å². The summed E-state index contributed by atoms with van der Waals surface area (Å²) in [5, 5.41) is 6.14. The first-order valence-electron chi connectivity index (χ1n) is 3.71. The highest BCUT2D eigenvalue weighted by Crippen LogP contribution is 2.31. The molecule has 0 saturated heterocycles. The second kappa shape index (κ2) is 2.48. The first-order valence-corrected chi connectivity index (χ1v) is 3.71. The molecule has 59 valence electrons. The second-order valence-corrected chi connectivity index (χ2v) is 2.69. The van der Waals surface area contributed by atoms with Gasteiger partial charge in [0.2, 0.25) is 0 Å². The van der Waals surface area contributed by atoms with Crippen LogP contribution >= 0.6 is 0 Å². The summed E-state index contributed by atoms with van der Waals surface area (Å²) >= 11 is 0. The lowest BCUT2D eigenvalue weighted by Crippen LogP contribution is -2.06. The van der Waals surface area contributed by atoms with Crippen molar-refractivity contribution < 1.29 is 0 Å². The molecule has 0 aliphatic carbocycles. The van der Waals surface area contributed by atoms with E-state index in [1.54, 1.807) is 7.55 Å². The molecule has 0 aromatic heterocycles. The predicted molar refractivity (Wildman–Crippen MR) is 52.7 cm³/mol. The maximum absolute atomic E-state index is 5.61. The molecule has 0 amide bonds. The van der Waals surface area contributed by atoms with Gasteiger partial charge in [0.15, 0.2) is 0 Å². The third-order valence-electron chi connectivity index (χ3n) is 1.85. The number of nitrogens with one attached hydrogen (secondary N) is 2. The molecule has 2 rings (SSSR count). The molecule has 4 heteroatoms. The zero-order valence-corrected chi connectivity index (χ0v) is 6.59. The predicted octanol–water partition coefficient (Wildman–Crippen LogP) is 0.988. The van der Waals surface area contributed by atoms with Crippen LogP contribution in [0.4, 0.5) is 11.4 Å². The van der Waals surface area contributed by atoms with Gasteiger partial charge in [-0.25, -0.2) is 0 Å². The summed E-state index contributed by atoms with van der Waals surface area (Å²) in [5.41, 5.74) is 9.19. The van der Waals surface area contributed by atoms with Gasteiger partial charge in [-0.3, -0.25) is 0 Å². The van der Waals surface area contributed by atoms with Crippen LogP contribution < -0.4 is 16.2 Å². The maximum Gasteiger partial charge on any atom is 0.385 e. The summed E-state index contributed by atoms with van der Waals surface area (Å²) in [6.45, 7) is 3.70. The SMILES string of the molecule is C=C(N)c1cccc2c1N[B]N2. The Morgan fingerprint density at radius 2 is 2.25 bits per heavy atom. The van der Waals surface area contributed by atoms with Crippen LogP contribution in [-0.4, -0.2) is 7.55 Å². The van der Waals surface area contributed by atoms with Crippen LogP contribution in [0.5, 0.6) is 0 Å². The van der Waals surface area contributed by atoms with Crippen LogP contribution in [0.15, 0.2) is 24.8 Å². The minimum atomic E-state index is 0.580. The Kier molecular flexibility index (Phi) is 1.47. The molecular formula is C8H9BN3. The molecule has 3 nitrogen and oxygen atoms in total. The van der Waals surface area contributed by atoms with Crippen molar-refractivity contribution in [2.45, 2.75) is 0 Å². The highest BCUT2D eigenvalue weighted by atomic mass is 15.0. The summed E-state index contributed by atoms with van der Waals surface area (Å²) in [7, 11) is 1.77. The smallest absolute Gasteiger partial charge is 0.385 e. The summed E-state index contributed by atoms with van der Waals surface area (Å²) in [6, 6.07) is 5.87. The van der Waals surface area contributed by atoms with Gasteiger partial charge in [0, 0.05) is 16.9 Å². The van der Waals surface area contributed by atoms with Crippen molar-refractivity contribution in [3.8, 4) is 0 Å². The number of hydrogen-bond acceptors (Lipinski definition) is 3. The lowest BCUT2D eigenvalue weighted by Gasteiger charge is -2.06. The number of para-hydroxylation sites is 1. The summed E-state index contributed by atoms with van der Waals surface area (Å²) in [6.07, 6.45) is 0. The molecule has 4 N–H and O–H groups in total. The molecule has 0 fully saturated rings. The van der Waals surface area contributed by atoms with E-state index in [4.69, 9.17) is 5.73 Å². The van der Waals surface area contributed by atoms with Crippen molar-refractivity contribution in [3.05, 3.63) is 30.3 Å². The Morgan fingerprint density at radius 1 is 1.42 bits per heavy atom. The Hall–Kier alpha value is -1.58. The fourth-order valence-electron chi connectivity index (χ4n) is 1.28. The van der Waals surface area contributed by atoms with Crippen LogP contribution in [0.2, 0.25) is 0 Å². The van der Waals surface area contributed by atoms with Gasteiger partial charge in [0.05, 0.1) is 5.69 Å². The lowest BCUT2D eigenvalue weighted by molar-refractivity contribution is 1.54. The van der Waals surface area contributed by atoms with Gasteiger partial charge in [0.1, 0.15) is 0 Å². The van der Waals surface area contributed by atoms with Crippen molar-refractivity contribution in [3.63, 3.8) is 0 Å². The molecule has 1 radical (unpaired) electrons. The van der Waals surface area contributed by atoms with Gasteiger partial charge in [-0.2, -0.15) is 0 Å². The summed E-state index contributed by atoms with van der Waals surface area (Å²) in [5.74, 6) is 0. The number of rotatable bonds is 1. The van der Waals surface area contributed by atoms with Gasteiger partial charge in [-0.05, 0) is 6.07 Å². The third kappa shape index (κ3) is 0.924. The zero-order valence-electron chi connectivity index (χ0n) is 6.59. The highest BCUT2D eigenvalue weighted by Gasteiger charge is 2.14. The molecule has 0 spiro atoms. The van der Waals surface area contributed by atoms with Gasteiger partial charge < -0.3 is 16.2 Å². The molecule has 1 aromatic carbocycles. The van der Waals surface area contributed by atoms with E-state index in [-0.39, 0.29) is 0 Å². The summed E-state index contributed by atoms with van der Waals surface area (Å²) < 4.78 is 0. The second-order valence-electron chi connectivity index (χ2n) is 2.69. The van der Waals surface area contributed by atoms with E-state index < -0.39 is 0 Å². The lowest BCUT2D eigenvalue weighted by atomic mass is 10.1. The largest absolute Gasteiger partial charge is 0.411 e. The van der Waals surface area contributed by atoms with E-state index in [0.717, 1.165) is 16.9 Å². The summed E-state index contributed by atoms with van der Waals surface area (Å²) in [4.78, 5) is 0. The average Bonchev–Trinajstić information content (AvgIpc) is 2.49. The quantitative estimate of drug-likeness (QED) is 0.534. The van der Waals surface area contributed by atoms with E-state index >= 15 is 0 Å². The van der Waals surface area contributed by atoms with Crippen LogP contribution in [-0.2, 0) is 0 Å². The Bertz CT molecular complexity index is 335. The fourth-order valence-corrected chi connectivity index (χ4v) is 1.28.